The summed E-state index contributed by atoms with van der Waals surface area (Å²) in [5, 5.41) is 0. The first kappa shape index (κ1) is 11.4. The number of rotatable bonds is 2. The summed E-state index contributed by atoms with van der Waals surface area (Å²) < 4.78 is 4.72. The second-order valence-electron chi connectivity index (χ2n) is 4.26. The summed E-state index contributed by atoms with van der Waals surface area (Å²) in [7, 11) is 5.18. The summed E-state index contributed by atoms with van der Waals surface area (Å²) in [5.74, 6) is -0.174. The first-order valence-corrected chi connectivity index (χ1v) is 4.05. The lowest BCUT2D eigenvalue weighted by atomic mass is 9.86. The molecule has 0 fully saturated rings. The van der Waals surface area contributed by atoms with Crippen LogP contribution in [0.15, 0.2) is 0 Å². The summed E-state index contributed by atoms with van der Waals surface area (Å²) >= 11 is 0. The third-order valence-corrected chi connectivity index (χ3v) is 1.76. The Kier molecular flexibility index (Phi) is 3.71. The maximum absolute atomic E-state index is 11.3. The highest BCUT2D eigenvalue weighted by atomic mass is 16.5. The molecule has 0 amide bonds. The molecule has 0 N–H and O–H groups in total. The van der Waals surface area contributed by atoms with Gasteiger partial charge in [0.15, 0.2) is 0 Å². The number of methoxy groups -OCH3 is 1. The smallest absolute Gasteiger partial charge is 0.323 e. The molecule has 12 heavy (non-hydrogen) atoms. The third-order valence-electron chi connectivity index (χ3n) is 1.76. The van der Waals surface area contributed by atoms with Crippen molar-refractivity contribution in [3.8, 4) is 0 Å². The molecule has 0 radical (unpaired) electrons. The van der Waals surface area contributed by atoms with E-state index in [9.17, 15) is 4.79 Å². The Balaban J connectivity index is 4.56. The van der Waals surface area contributed by atoms with Gasteiger partial charge in [-0.05, 0) is 19.5 Å². The first-order chi connectivity index (χ1) is 5.30. The van der Waals surface area contributed by atoms with Gasteiger partial charge in [-0.3, -0.25) is 9.69 Å². The zero-order valence-corrected chi connectivity index (χ0v) is 8.84. The van der Waals surface area contributed by atoms with Gasteiger partial charge in [0.05, 0.1) is 7.11 Å². The van der Waals surface area contributed by atoms with Crippen LogP contribution in [0.4, 0.5) is 0 Å². The molecule has 0 aromatic heterocycles. The summed E-state index contributed by atoms with van der Waals surface area (Å²) in [6.07, 6.45) is 0. The SMILES string of the molecule is COC(=O)C(N(C)C)C(C)(C)C. The largest absolute Gasteiger partial charge is 0.468 e. The van der Waals surface area contributed by atoms with E-state index in [2.05, 4.69) is 0 Å². The Hall–Kier alpha value is -0.570. The molecule has 0 bridgehead atoms. The number of ether oxygens (including phenoxy) is 1. The molecule has 72 valence electrons. The zero-order valence-electron chi connectivity index (χ0n) is 8.84. The van der Waals surface area contributed by atoms with Crippen molar-refractivity contribution < 1.29 is 9.53 Å². The van der Waals surface area contributed by atoms with Gasteiger partial charge in [0, 0.05) is 0 Å². The predicted octanol–water partition coefficient (Wildman–Crippen LogP) is 1.14. The highest BCUT2D eigenvalue weighted by molar-refractivity contribution is 5.76. The molecule has 0 aromatic rings. The molecule has 0 aliphatic heterocycles. The molecular formula is C9H19NO2. The standard InChI is InChI=1S/C9H19NO2/c1-9(2,3)7(10(4)5)8(11)12-6/h7H,1-6H3. The van der Waals surface area contributed by atoms with Crippen LogP contribution >= 0.6 is 0 Å². The van der Waals surface area contributed by atoms with Crippen LogP contribution in [0.2, 0.25) is 0 Å². The number of esters is 1. The quantitative estimate of drug-likeness (QED) is 0.586. The Bertz CT molecular complexity index is 158. The molecule has 3 heteroatoms. The average molecular weight is 173 g/mol. The molecular weight excluding hydrogens is 154 g/mol. The van der Waals surface area contributed by atoms with Crippen molar-refractivity contribution in [3.05, 3.63) is 0 Å². The Morgan fingerprint density at radius 2 is 1.75 bits per heavy atom. The van der Waals surface area contributed by atoms with Gasteiger partial charge in [0.1, 0.15) is 6.04 Å². The molecule has 0 saturated carbocycles. The summed E-state index contributed by atoms with van der Waals surface area (Å²) in [6, 6.07) is -0.178. The van der Waals surface area contributed by atoms with Crippen LogP contribution in [0.25, 0.3) is 0 Å². The molecule has 1 unspecified atom stereocenters. The molecule has 0 aliphatic carbocycles. The van der Waals surface area contributed by atoms with E-state index in [0.717, 1.165) is 0 Å². The van der Waals surface area contributed by atoms with Crippen molar-refractivity contribution in [2.45, 2.75) is 26.8 Å². The average Bonchev–Trinajstić information content (AvgIpc) is 1.83. The molecule has 0 rings (SSSR count). The fraction of sp³-hybridized carbons (Fsp3) is 0.889. The maximum atomic E-state index is 11.3. The van der Waals surface area contributed by atoms with Crippen LogP contribution in [-0.4, -0.2) is 38.1 Å². The normalized spacial score (nSPS) is 14.6. The van der Waals surface area contributed by atoms with Crippen molar-refractivity contribution in [2.24, 2.45) is 5.41 Å². The van der Waals surface area contributed by atoms with Crippen LogP contribution in [0, 0.1) is 5.41 Å². The van der Waals surface area contributed by atoms with E-state index in [1.165, 1.54) is 7.11 Å². The Labute approximate surface area is 74.7 Å². The molecule has 0 aliphatic rings. The van der Waals surface area contributed by atoms with E-state index in [1.54, 1.807) is 0 Å². The van der Waals surface area contributed by atoms with Crippen LogP contribution in [0.5, 0.6) is 0 Å². The molecule has 0 saturated heterocycles. The number of likely N-dealkylation sites (N-methyl/N-ethyl adjacent to an activating group) is 1. The fourth-order valence-electron chi connectivity index (χ4n) is 1.45. The minimum atomic E-state index is -0.178. The van der Waals surface area contributed by atoms with Crippen LogP contribution in [0.1, 0.15) is 20.8 Å². The van der Waals surface area contributed by atoms with Gasteiger partial charge in [-0.2, -0.15) is 0 Å². The minimum Gasteiger partial charge on any atom is -0.468 e. The third kappa shape index (κ3) is 2.81. The van der Waals surface area contributed by atoms with Crippen LogP contribution < -0.4 is 0 Å². The van der Waals surface area contributed by atoms with Gasteiger partial charge in [0.25, 0.3) is 0 Å². The number of carbonyl (C=O) groups excluding carboxylic acids is 1. The predicted molar refractivity (Wildman–Crippen MR) is 48.9 cm³/mol. The van der Waals surface area contributed by atoms with Crippen molar-refractivity contribution in [1.29, 1.82) is 0 Å². The van der Waals surface area contributed by atoms with Gasteiger partial charge in [-0.25, -0.2) is 0 Å². The zero-order chi connectivity index (χ0) is 9.94. The fourth-order valence-corrected chi connectivity index (χ4v) is 1.45. The number of carbonyl (C=O) groups is 1. The Morgan fingerprint density at radius 1 is 1.33 bits per heavy atom. The van der Waals surface area contributed by atoms with Crippen molar-refractivity contribution in [2.75, 3.05) is 21.2 Å². The summed E-state index contributed by atoms with van der Waals surface area (Å²) in [4.78, 5) is 13.2. The Morgan fingerprint density at radius 3 is 1.83 bits per heavy atom. The lowest BCUT2D eigenvalue weighted by Gasteiger charge is -2.33. The van der Waals surface area contributed by atoms with Gasteiger partial charge >= 0.3 is 5.97 Å². The van der Waals surface area contributed by atoms with Gasteiger partial charge in [-0.15, -0.1) is 0 Å². The summed E-state index contributed by atoms with van der Waals surface area (Å²) in [5.41, 5.74) is -0.0867. The minimum absolute atomic E-state index is 0.0867. The molecule has 1 atom stereocenters. The van der Waals surface area contributed by atoms with Gasteiger partial charge in [-0.1, -0.05) is 20.8 Å². The van der Waals surface area contributed by atoms with Gasteiger partial charge in [0.2, 0.25) is 0 Å². The number of hydrogen-bond donors (Lipinski definition) is 0. The lowest BCUT2D eigenvalue weighted by molar-refractivity contribution is -0.149. The van der Waals surface area contributed by atoms with Crippen LogP contribution in [-0.2, 0) is 9.53 Å². The van der Waals surface area contributed by atoms with Crippen molar-refractivity contribution in [1.82, 2.24) is 4.90 Å². The second kappa shape index (κ2) is 3.90. The highest BCUT2D eigenvalue weighted by Gasteiger charge is 2.33. The van der Waals surface area contributed by atoms with E-state index in [-0.39, 0.29) is 17.4 Å². The van der Waals surface area contributed by atoms with E-state index in [0.29, 0.717) is 0 Å². The van der Waals surface area contributed by atoms with E-state index in [4.69, 9.17) is 4.74 Å². The van der Waals surface area contributed by atoms with Crippen molar-refractivity contribution >= 4 is 5.97 Å². The van der Waals surface area contributed by atoms with Gasteiger partial charge < -0.3 is 4.74 Å². The summed E-state index contributed by atoms with van der Waals surface area (Å²) in [6.45, 7) is 6.07. The number of hydrogen-bond acceptors (Lipinski definition) is 3. The van der Waals surface area contributed by atoms with E-state index in [1.807, 2.05) is 39.8 Å². The lowest BCUT2D eigenvalue weighted by Crippen LogP contribution is -2.46. The second-order valence-corrected chi connectivity index (χ2v) is 4.26. The monoisotopic (exact) mass is 173 g/mol. The molecule has 0 heterocycles. The molecule has 0 aromatic carbocycles. The first-order valence-electron chi connectivity index (χ1n) is 4.05. The highest BCUT2D eigenvalue weighted by Crippen LogP contribution is 2.23. The van der Waals surface area contributed by atoms with Crippen molar-refractivity contribution in [3.63, 3.8) is 0 Å². The van der Waals surface area contributed by atoms with E-state index < -0.39 is 0 Å². The maximum Gasteiger partial charge on any atom is 0.323 e. The molecule has 0 spiro atoms. The topological polar surface area (TPSA) is 29.5 Å². The number of nitrogens with zero attached hydrogens (tertiary/aromatic N) is 1. The molecule has 3 nitrogen and oxygen atoms in total. The van der Waals surface area contributed by atoms with Crippen LogP contribution in [0.3, 0.4) is 0 Å². The van der Waals surface area contributed by atoms with E-state index >= 15 is 0 Å².